The second-order valence-corrected chi connectivity index (χ2v) is 10.1. The Balaban J connectivity index is 2.04. The lowest BCUT2D eigenvalue weighted by atomic mass is 9.90. The van der Waals surface area contributed by atoms with E-state index in [-0.39, 0.29) is 0 Å². The van der Waals surface area contributed by atoms with E-state index in [1.54, 1.807) is 0 Å². The molecule has 2 aromatic carbocycles. The number of rotatable bonds is 6. The lowest BCUT2D eigenvalue weighted by molar-refractivity contribution is -0.519. The van der Waals surface area contributed by atoms with Crippen molar-refractivity contribution in [2.75, 3.05) is 31.1 Å². The SMILES string of the molecule is CCN(CC)c1ccc2c(c1)P(=O)([O-])C1=CC(=[N+](CC)CC)C=CC1=C2c1ccccc1. The van der Waals surface area contributed by atoms with Gasteiger partial charge >= 0.3 is 0 Å². The van der Waals surface area contributed by atoms with Crippen LogP contribution in [-0.2, 0) is 4.57 Å². The summed E-state index contributed by atoms with van der Waals surface area (Å²) in [5.41, 5.74) is 5.47. The average molecular weight is 447 g/mol. The van der Waals surface area contributed by atoms with Crippen LogP contribution in [0.5, 0.6) is 0 Å². The van der Waals surface area contributed by atoms with Crippen LogP contribution in [0.2, 0.25) is 0 Å². The minimum absolute atomic E-state index is 0.421. The van der Waals surface area contributed by atoms with Gasteiger partial charge in [0.2, 0.25) is 5.71 Å². The molecular weight excluding hydrogens is 415 g/mol. The molecule has 0 fully saturated rings. The third-order valence-corrected chi connectivity index (χ3v) is 8.46. The van der Waals surface area contributed by atoms with E-state index in [0.717, 1.165) is 59.9 Å². The zero-order valence-electron chi connectivity index (χ0n) is 19.3. The van der Waals surface area contributed by atoms with Gasteiger partial charge in [0.25, 0.3) is 0 Å². The fraction of sp³-hybridized carbons (Fsp3) is 0.296. The average Bonchev–Trinajstić information content (AvgIpc) is 2.82. The summed E-state index contributed by atoms with van der Waals surface area (Å²) in [6, 6.07) is 16.0. The van der Waals surface area contributed by atoms with Crippen molar-refractivity contribution in [3.63, 3.8) is 0 Å². The molecule has 4 nitrogen and oxygen atoms in total. The van der Waals surface area contributed by atoms with Crippen molar-refractivity contribution in [2.24, 2.45) is 0 Å². The quantitative estimate of drug-likeness (QED) is 0.483. The zero-order chi connectivity index (χ0) is 22.9. The second-order valence-electron chi connectivity index (χ2n) is 8.04. The van der Waals surface area contributed by atoms with Gasteiger partial charge in [-0.15, -0.1) is 0 Å². The first kappa shape index (κ1) is 22.5. The van der Waals surface area contributed by atoms with Crippen molar-refractivity contribution in [2.45, 2.75) is 27.7 Å². The molecule has 0 amide bonds. The van der Waals surface area contributed by atoms with Crippen LogP contribution in [-0.4, -0.2) is 36.5 Å². The molecule has 2 aliphatic rings. The fourth-order valence-electron chi connectivity index (χ4n) is 4.71. The molecule has 0 bridgehead atoms. The second kappa shape index (κ2) is 9.05. The Kier molecular flexibility index (Phi) is 6.37. The van der Waals surface area contributed by atoms with Gasteiger partial charge in [0.1, 0.15) is 13.1 Å². The molecule has 5 heteroatoms. The smallest absolute Gasteiger partial charge is 0.200 e. The summed E-state index contributed by atoms with van der Waals surface area (Å²) in [6.45, 7) is 11.7. The first-order chi connectivity index (χ1) is 15.5. The van der Waals surface area contributed by atoms with E-state index in [1.165, 1.54) is 0 Å². The molecule has 32 heavy (non-hydrogen) atoms. The van der Waals surface area contributed by atoms with Crippen LogP contribution in [0.1, 0.15) is 38.8 Å². The molecule has 1 atom stereocenters. The molecule has 166 valence electrons. The van der Waals surface area contributed by atoms with E-state index in [2.05, 4.69) is 49.3 Å². The summed E-state index contributed by atoms with van der Waals surface area (Å²) in [6.07, 6.45) is 5.90. The monoisotopic (exact) mass is 446 g/mol. The van der Waals surface area contributed by atoms with E-state index < -0.39 is 7.37 Å². The minimum atomic E-state index is -4.02. The molecule has 0 radical (unpaired) electrons. The molecule has 1 heterocycles. The predicted molar refractivity (Wildman–Crippen MR) is 133 cm³/mol. The van der Waals surface area contributed by atoms with E-state index >= 15 is 0 Å². The first-order valence-electron chi connectivity index (χ1n) is 11.5. The number of allylic oxidation sites excluding steroid dienone is 5. The van der Waals surface area contributed by atoms with E-state index in [1.807, 2.05) is 54.6 Å². The number of hydrogen-bond acceptors (Lipinski definition) is 3. The Morgan fingerprint density at radius 1 is 0.938 bits per heavy atom. The molecule has 0 saturated carbocycles. The summed E-state index contributed by atoms with van der Waals surface area (Å²) in [5, 5.41) is 0.842. The Labute approximate surface area is 191 Å². The number of fused-ring (bicyclic) bond motifs is 2. The van der Waals surface area contributed by atoms with Crippen molar-refractivity contribution in [1.82, 2.24) is 0 Å². The summed E-state index contributed by atoms with van der Waals surface area (Å²) >= 11 is 0. The molecular formula is C27H31N2O2P. The predicted octanol–water partition coefficient (Wildman–Crippen LogP) is 4.56. The highest BCUT2D eigenvalue weighted by Crippen LogP contribution is 2.57. The minimum Gasteiger partial charge on any atom is -0.793 e. The van der Waals surface area contributed by atoms with Crippen molar-refractivity contribution in [1.29, 1.82) is 0 Å². The van der Waals surface area contributed by atoms with Gasteiger partial charge in [0.15, 0.2) is 0 Å². The van der Waals surface area contributed by atoms with Crippen LogP contribution < -0.4 is 15.1 Å². The molecule has 4 rings (SSSR count). The first-order valence-corrected chi connectivity index (χ1v) is 13.1. The van der Waals surface area contributed by atoms with Crippen molar-refractivity contribution < 1.29 is 14.0 Å². The van der Waals surface area contributed by atoms with Gasteiger partial charge in [0.05, 0.1) is 7.37 Å². The molecule has 2 aromatic rings. The molecule has 1 unspecified atom stereocenters. The normalized spacial score (nSPS) is 19.4. The maximum absolute atomic E-state index is 14.0. The van der Waals surface area contributed by atoms with Crippen molar-refractivity contribution in [3.05, 3.63) is 88.8 Å². The van der Waals surface area contributed by atoms with Crippen LogP contribution >= 0.6 is 7.37 Å². The Morgan fingerprint density at radius 2 is 1.62 bits per heavy atom. The summed E-state index contributed by atoms with van der Waals surface area (Å²) < 4.78 is 16.1. The number of nitrogens with zero attached hydrogens (tertiary/aromatic N) is 2. The van der Waals surface area contributed by atoms with Gasteiger partial charge in [-0.05, 0) is 68.2 Å². The molecule has 0 aromatic heterocycles. The highest BCUT2D eigenvalue weighted by atomic mass is 31.2. The summed E-state index contributed by atoms with van der Waals surface area (Å²) in [4.78, 5) is 16.1. The molecule has 0 N–H and O–H groups in total. The molecule has 0 spiro atoms. The Morgan fingerprint density at radius 3 is 2.25 bits per heavy atom. The van der Waals surface area contributed by atoms with Gasteiger partial charge in [-0.25, -0.2) is 4.58 Å². The molecule has 1 aliphatic heterocycles. The van der Waals surface area contributed by atoms with E-state index in [4.69, 9.17) is 0 Å². The van der Waals surface area contributed by atoms with Crippen LogP contribution in [0, 0.1) is 0 Å². The van der Waals surface area contributed by atoms with Gasteiger partial charge < -0.3 is 14.4 Å². The highest BCUT2D eigenvalue weighted by molar-refractivity contribution is 7.69. The zero-order valence-corrected chi connectivity index (χ0v) is 20.2. The maximum Gasteiger partial charge on any atom is 0.200 e. The van der Waals surface area contributed by atoms with Gasteiger partial charge in [0, 0.05) is 41.5 Å². The maximum atomic E-state index is 14.0. The number of benzene rings is 2. The van der Waals surface area contributed by atoms with Crippen LogP contribution in [0.4, 0.5) is 5.69 Å². The lowest BCUT2D eigenvalue weighted by Gasteiger charge is -2.37. The molecule has 0 saturated heterocycles. The topological polar surface area (TPSA) is 46.4 Å². The largest absolute Gasteiger partial charge is 0.793 e. The van der Waals surface area contributed by atoms with Gasteiger partial charge in [-0.3, -0.25) is 0 Å². The number of anilines is 1. The Bertz CT molecular complexity index is 1200. The summed E-state index contributed by atoms with van der Waals surface area (Å²) in [5.74, 6) is 0. The van der Waals surface area contributed by atoms with Gasteiger partial charge in [-0.2, -0.15) is 0 Å². The van der Waals surface area contributed by atoms with E-state index in [9.17, 15) is 9.46 Å². The third kappa shape index (κ3) is 3.72. The lowest BCUT2D eigenvalue weighted by Crippen LogP contribution is -2.30. The molecule has 1 aliphatic carbocycles. The van der Waals surface area contributed by atoms with Crippen molar-refractivity contribution in [3.8, 4) is 0 Å². The highest BCUT2D eigenvalue weighted by Gasteiger charge is 2.34. The van der Waals surface area contributed by atoms with Crippen molar-refractivity contribution >= 4 is 29.6 Å². The van der Waals surface area contributed by atoms with Crippen LogP contribution in [0.3, 0.4) is 0 Å². The summed E-state index contributed by atoms with van der Waals surface area (Å²) in [7, 11) is -4.02. The third-order valence-electron chi connectivity index (χ3n) is 6.46. The fourth-order valence-corrected chi connectivity index (χ4v) is 6.58. The standard InChI is InChI=1S/C27H31N2O2P/c1-5-28(6-2)21-14-16-23-25(18-21)32(30,31)26-19-22(29(7-3)8-4)15-17-24(26)27(23)20-12-10-9-11-13-20/h9-19H,5-8H2,1-4H3. The van der Waals surface area contributed by atoms with E-state index in [0.29, 0.717) is 10.6 Å². The Hall–Kier alpha value is -2.68. The van der Waals surface area contributed by atoms with Crippen LogP contribution in [0.25, 0.3) is 5.57 Å². The van der Waals surface area contributed by atoms with Crippen LogP contribution in [0.15, 0.2) is 77.6 Å². The number of hydrogen-bond donors (Lipinski definition) is 0. The van der Waals surface area contributed by atoms with Gasteiger partial charge in [-0.1, -0.05) is 36.4 Å².